The molecule has 0 unspecified atom stereocenters. The lowest BCUT2D eigenvalue weighted by Crippen LogP contribution is -1.77. The van der Waals surface area contributed by atoms with Gasteiger partial charge in [-0.3, -0.25) is 0 Å². The predicted octanol–water partition coefficient (Wildman–Crippen LogP) is 2.20. The van der Waals surface area contributed by atoms with Gasteiger partial charge in [0.25, 0.3) is 0 Å². The molecule has 0 aromatic carbocycles. The molecule has 0 bridgehead atoms. The van der Waals surface area contributed by atoms with Gasteiger partial charge in [-0.2, -0.15) is 0 Å². The SMILES string of the molecule is CCc1noc(C)c1Cl. The zero-order chi connectivity index (χ0) is 6.85. The number of hydrogen-bond donors (Lipinski definition) is 0. The largest absolute Gasteiger partial charge is 0.360 e. The lowest BCUT2D eigenvalue weighted by Gasteiger charge is -1.83. The Morgan fingerprint density at radius 2 is 2.33 bits per heavy atom. The molecular formula is C6H8ClNO. The molecule has 0 saturated heterocycles. The summed E-state index contributed by atoms with van der Waals surface area (Å²) in [6, 6.07) is 0. The summed E-state index contributed by atoms with van der Waals surface area (Å²) in [6.07, 6.45) is 0.830. The van der Waals surface area contributed by atoms with E-state index in [-0.39, 0.29) is 0 Å². The molecule has 9 heavy (non-hydrogen) atoms. The fourth-order valence-corrected chi connectivity index (χ4v) is 0.829. The minimum absolute atomic E-state index is 0.664. The Bertz CT molecular complexity index is 207. The van der Waals surface area contributed by atoms with Crippen LogP contribution in [0.15, 0.2) is 4.52 Å². The first-order chi connectivity index (χ1) is 4.25. The summed E-state index contributed by atoms with van der Waals surface area (Å²) < 4.78 is 4.80. The van der Waals surface area contributed by atoms with Crippen molar-refractivity contribution in [1.29, 1.82) is 0 Å². The Hall–Kier alpha value is -0.500. The van der Waals surface area contributed by atoms with Crippen molar-refractivity contribution in [2.45, 2.75) is 20.3 Å². The van der Waals surface area contributed by atoms with Crippen molar-refractivity contribution in [3.63, 3.8) is 0 Å². The molecule has 1 aromatic rings. The van der Waals surface area contributed by atoms with Crippen LogP contribution < -0.4 is 0 Å². The minimum atomic E-state index is 0.664. The van der Waals surface area contributed by atoms with Gasteiger partial charge in [-0.15, -0.1) is 0 Å². The molecule has 0 spiro atoms. The highest BCUT2D eigenvalue weighted by molar-refractivity contribution is 6.31. The van der Waals surface area contributed by atoms with E-state index < -0.39 is 0 Å². The quantitative estimate of drug-likeness (QED) is 0.606. The molecule has 0 amide bonds. The van der Waals surface area contributed by atoms with Gasteiger partial charge >= 0.3 is 0 Å². The van der Waals surface area contributed by atoms with Gasteiger partial charge in [0.1, 0.15) is 10.7 Å². The van der Waals surface area contributed by atoms with Gasteiger partial charge in [-0.25, -0.2) is 0 Å². The highest BCUT2D eigenvalue weighted by Crippen LogP contribution is 2.19. The molecule has 0 fully saturated rings. The first kappa shape index (κ1) is 6.62. The van der Waals surface area contributed by atoms with Gasteiger partial charge in [0.2, 0.25) is 0 Å². The van der Waals surface area contributed by atoms with Crippen LogP contribution in [0.2, 0.25) is 5.02 Å². The zero-order valence-electron chi connectivity index (χ0n) is 5.44. The first-order valence-corrected chi connectivity index (χ1v) is 3.24. The fraction of sp³-hybridized carbons (Fsp3) is 0.500. The van der Waals surface area contributed by atoms with Crippen LogP contribution in [0.3, 0.4) is 0 Å². The molecule has 2 nitrogen and oxygen atoms in total. The third-order valence-corrected chi connectivity index (χ3v) is 1.67. The summed E-state index contributed by atoms with van der Waals surface area (Å²) in [5.74, 6) is 0.702. The molecular weight excluding hydrogens is 138 g/mol. The maximum absolute atomic E-state index is 5.75. The summed E-state index contributed by atoms with van der Waals surface area (Å²) >= 11 is 5.75. The van der Waals surface area contributed by atoms with Crippen LogP contribution in [0.1, 0.15) is 18.4 Å². The average molecular weight is 146 g/mol. The standard InChI is InChI=1S/C6H8ClNO/c1-3-5-6(7)4(2)9-8-5/h3H2,1-2H3. The van der Waals surface area contributed by atoms with Crippen LogP contribution in [0.5, 0.6) is 0 Å². The van der Waals surface area contributed by atoms with Crippen molar-refractivity contribution in [2.24, 2.45) is 0 Å². The van der Waals surface area contributed by atoms with E-state index in [2.05, 4.69) is 5.16 Å². The Labute approximate surface area is 58.8 Å². The molecule has 1 heterocycles. The monoisotopic (exact) mass is 145 g/mol. The normalized spacial score (nSPS) is 10.1. The van der Waals surface area contributed by atoms with E-state index in [1.54, 1.807) is 6.92 Å². The van der Waals surface area contributed by atoms with Crippen molar-refractivity contribution in [2.75, 3.05) is 0 Å². The topological polar surface area (TPSA) is 26.0 Å². The molecule has 1 aromatic heterocycles. The first-order valence-electron chi connectivity index (χ1n) is 2.86. The summed E-state index contributed by atoms with van der Waals surface area (Å²) in [5.41, 5.74) is 0.842. The van der Waals surface area contributed by atoms with E-state index in [1.807, 2.05) is 6.92 Å². The molecule has 3 heteroatoms. The smallest absolute Gasteiger partial charge is 0.152 e. The number of rotatable bonds is 1. The summed E-state index contributed by atoms with van der Waals surface area (Å²) in [5, 5.41) is 4.39. The maximum atomic E-state index is 5.75. The van der Waals surface area contributed by atoms with Crippen LogP contribution >= 0.6 is 11.6 Å². The molecule has 0 aliphatic carbocycles. The molecule has 0 aliphatic heterocycles. The summed E-state index contributed by atoms with van der Waals surface area (Å²) in [4.78, 5) is 0. The van der Waals surface area contributed by atoms with E-state index in [9.17, 15) is 0 Å². The lowest BCUT2D eigenvalue weighted by molar-refractivity contribution is 0.391. The number of aryl methyl sites for hydroxylation is 2. The third kappa shape index (κ3) is 1.08. The second kappa shape index (κ2) is 2.40. The van der Waals surface area contributed by atoms with E-state index in [1.165, 1.54) is 0 Å². The summed E-state index contributed by atoms with van der Waals surface area (Å²) in [6.45, 7) is 3.79. The van der Waals surface area contributed by atoms with Crippen LogP contribution in [0.25, 0.3) is 0 Å². The van der Waals surface area contributed by atoms with Gasteiger partial charge < -0.3 is 4.52 Å². The van der Waals surface area contributed by atoms with E-state index >= 15 is 0 Å². The minimum Gasteiger partial charge on any atom is -0.360 e. The number of aromatic nitrogens is 1. The van der Waals surface area contributed by atoms with Crippen molar-refractivity contribution >= 4 is 11.6 Å². The molecule has 0 radical (unpaired) electrons. The molecule has 1 rings (SSSR count). The highest BCUT2D eigenvalue weighted by Gasteiger charge is 2.06. The maximum Gasteiger partial charge on any atom is 0.152 e. The van der Waals surface area contributed by atoms with Crippen molar-refractivity contribution in [1.82, 2.24) is 5.16 Å². The molecule has 50 valence electrons. The number of nitrogens with zero attached hydrogens (tertiary/aromatic N) is 1. The van der Waals surface area contributed by atoms with E-state index in [0.717, 1.165) is 12.1 Å². The second-order valence-corrected chi connectivity index (χ2v) is 2.23. The highest BCUT2D eigenvalue weighted by atomic mass is 35.5. The Morgan fingerprint density at radius 1 is 1.67 bits per heavy atom. The third-order valence-electron chi connectivity index (χ3n) is 1.19. The van der Waals surface area contributed by atoms with Crippen LogP contribution in [-0.2, 0) is 6.42 Å². The van der Waals surface area contributed by atoms with Crippen LogP contribution in [0.4, 0.5) is 0 Å². The van der Waals surface area contributed by atoms with Crippen molar-refractivity contribution < 1.29 is 4.52 Å². The summed E-state index contributed by atoms with van der Waals surface area (Å²) in [7, 11) is 0. The average Bonchev–Trinajstić information content (AvgIpc) is 2.15. The Kier molecular flexibility index (Phi) is 1.76. The molecule has 0 saturated carbocycles. The van der Waals surface area contributed by atoms with Crippen LogP contribution in [0, 0.1) is 6.92 Å². The van der Waals surface area contributed by atoms with Crippen molar-refractivity contribution in [3.8, 4) is 0 Å². The van der Waals surface area contributed by atoms with E-state index in [0.29, 0.717) is 10.8 Å². The molecule has 0 N–H and O–H groups in total. The molecule has 0 aliphatic rings. The van der Waals surface area contributed by atoms with Crippen molar-refractivity contribution in [3.05, 3.63) is 16.5 Å². The zero-order valence-corrected chi connectivity index (χ0v) is 6.20. The van der Waals surface area contributed by atoms with Gasteiger partial charge in [0.15, 0.2) is 5.76 Å². The molecule has 0 atom stereocenters. The van der Waals surface area contributed by atoms with Gasteiger partial charge in [0, 0.05) is 0 Å². The van der Waals surface area contributed by atoms with Gasteiger partial charge in [-0.05, 0) is 13.3 Å². The predicted molar refractivity (Wildman–Crippen MR) is 35.6 cm³/mol. The Morgan fingerprint density at radius 3 is 2.56 bits per heavy atom. The van der Waals surface area contributed by atoms with Gasteiger partial charge in [-0.1, -0.05) is 23.7 Å². The second-order valence-electron chi connectivity index (χ2n) is 1.85. The van der Waals surface area contributed by atoms with Gasteiger partial charge in [0.05, 0.1) is 0 Å². The fourth-order valence-electron chi connectivity index (χ4n) is 0.627. The lowest BCUT2D eigenvalue weighted by atomic mass is 10.3. The number of hydrogen-bond acceptors (Lipinski definition) is 2. The van der Waals surface area contributed by atoms with Crippen LogP contribution in [-0.4, -0.2) is 5.16 Å². The van der Waals surface area contributed by atoms with E-state index in [4.69, 9.17) is 16.1 Å². The Balaban J connectivity index is 3.04. The number of halogens is 1.